The molecule has 1 heterocycles. The summed E-state index contributed by atoms with van der Waals surface area (Å²) in [4.78, 5) is 14.8. The van der Waals surface area contributed by atoms with E-state index in [9.17, 15) is 4.79 Å². The summed E-state index contributed by atoms with van der Waals surface area (Å²) in [5, 5.41) is 4.03. The number of piperidine rings is 1. The second-order valence-corrected chi connectivity index (χ2v) is 7.25. The molecule has 2 aromatic carbocycles. The minimum atomic E-state index is 0.0741. The number of amides is 1. The van der Waals surface area contributed by atoms with Crippen molar-refractivity contribution >= 4 is 29.1 Å². The Hall–Kier alpha value is -1.55. The molecule has 0 bridgehead atoms. The smallest absolute Gasteiger partial charge is 0.223 e. The fraction of sp³-hybridized carbons (Fsp3) is 0.350. The van der Waals surface area contributed by atoms with Crippen LogP contribution < -0.4 is 5.32 Å². The largest absolute Gasteiger partial charge is 0.352 e. The van der Waals surface area contributed by atoms with Crippen molar-refractivity contribution in [1.29, 1.82) is 0 Å². The van der Waals surface area contributed by atoms with Crippen molar-refractivity contribution in [1.82, 2.24) is 10.2 Å². The molecule has 0 atom stereocenters. The maximum absolute atomic E-state index is 12.4. The molecule has 3 nitrogen and oxygen atoms in total. The van der Waals surface area contributed by atoms with E-state index >= 15 is 0 Å². The van der Waals surface area contributed by atoms with E-state index in [-0.39, 0.29) is 11.8 Å². The van der Waals surface area contributed by atoms with Crippen molar-refractivity contribution in [2.75, 3.05) is 13.1 Å². The monoisotopic (exact) mass is 376 g/mol. The van der Waals surface area contributed by atoms with Gasteiger partial charge in [0.1, 0.15) is 0 Å². The van der Waals surface area contributed by atoms with Gasteiger partial charge in [-0.3, -0.25) is 9.69 Å². The molecule has 0 aliphatic carbocycles. The lowest BCUT2D eigenvalue weighted by atomic mass is 9.95. The number of carbonyl (C=O) groups is 1. The van der Waals surface area contributed by atoms with E-state index in [0.717, 1.165) is 38.0 Å². The van der Waals surface area contributed by atoms with Crippen LogP contribution in [0.25, 0.3) is 0 Å². The lowest BCUT2D eigenvalue weighted by molar-refractivity contribution is -0.126. The Labute approximate surface area is 158 Å². The number of halogens is 2. The maximum Gasteiger partial charge on any atom is 0.223 e. The van der Waals surface area contributed by atoms with Crippen molar-refractivity contribution in [2.24, 2.45) is 5.92 Å². The average molecular weight is 377 g/mol. The molecule has 0 saturated carbocycles. The number of hydrogen-bond donors (Lipinski definition) is 1. The van der Waals surface area contributed by atoms with E-state index in [1.807, 2.05) is 18.2 Å². The molecule has 25 heavy (non-hydrogen) atoms. The summed E-state index contributed by atoms with van der Waals surface area (Å²) in [5.74, 6) is 0.181. The fourth-order valence-corrected chi connectivity index (χ4v) is 3.59. The van der Waals surface area contributed by atoms with Gasteiger partial charge in [0, 0.05) is 19.0 Å². The number of hydrogen-bond acceptors (Lipinski definition) is 2. The zero-order valence-corrected chi connectivity index (χ0v) is 15.6. The summed E-state index contributed by atoms with van der Waals surface area (Å²) < 4.78 is 0. The van der Waals surface area contributed by atoms with Gasteiger partial charge in [0.05, 0.1) is 10.0 Å². The van der Waals surface area contributed by atoms with Gasteiger partial charge in [0.2, 0.25) is 5.91 Å². The van der Waals surface area contributed by atoms with Gasteiger partial charge in [0.25, 0.3) is 0 Å². The predicted molar refractivity (Wildman–Crippen MR) is 103 cm³/mol. The third kappa shape index (κ3) is 4.97. The van der Waals surface area contributed by atoms with Crippen LogP contribution in [0, 0.1) is 5.92 Å². The topological polar surface area (TPSA) is 32.3 Å². The second-order valence-electron chi connectivity index (χ2n) is 6.47. The molecule has 0 unspecified atom stereocenters. The van der Waals surface area contributed by atoms with Gasteiger partial charge in [-0.25, -0.2) is 0 Å². The molecule has 1 aliphatic rings. The molecule has 132 valence electrons. The SMILES string of the molecule is O=C(NCc1cccc(Cl)c1Cl)C1CCN(Cc2ccccc2)CC1. The molecule has 3 rings (SSSR count). The molecule has 0 aromatic heterocycles. The van der Waals surface area contributed by atoms with Gasteiger partial charge in [0.15, 0.2) is 0 Å². The minimum Gasteiger partial charge on any atom is -0.352 e. The van der Waals surface area contributed by atoms with E-state index in [4.69, 9.17) is 23.2 Å². The zero-order valence-electron chi connectivity index (χ0n) is 14.1. The first-order valence-electron chi connectivity index (χ1n) is 8.60. The summed E-state index contributed by atoms with van der Waals surface area (Å²) >= 11 is 12.2. The Balaban J connectivity index is 1.46. The fourth-order valence-electron chi connectivity index (χ4n) is 3.21. The Bertz CT molecular complexity index is 713. The highest BCUT2D eigenvalue weighted by Gasteiger charge is 2.24. The number of nitrogens with zero attached hydrogens (tertiary/aromatic N) is 1. The first-order valence-corrected chi connectivity index (χ1v) is 9.36. The molecule has 1 fully saturated rings. The molecule has 2 aromatic rings. The van der Waals surface area contributed by atoms with Crippen LogP contribution in [0.15, 0.2) is 48.5 Å². The Morgan fingerprint density at radius 3 is 2.48 bits per heavy atom. The van der Waals surface area contributed by atoms with Gasteiger partial charge >= 0.3 is 0 Å². The maximum atomic E-state index is 12.4. The molecular formula is C20H22Cl2N2O. The molecule has 1 N–H and O–H groups in total. The first-order chi connectivity index (χ1) is 12.1. The number of rotatable bonds is 5. The number of likely N-dealkylation sites (tertiary alicyclic amines) is 1. The van der Waals surface area contributed by atoms with Crippen molar-refractivity contribution in [3.05, 3.63) is 69.7 Å². The summed E-state index contributed by atoms with van der Waals surface area (Å²) in [6.07, 6.45) is 1.78. The highest BCUT2D eigenvalue weighted by Crippen LogP contribution is 2.25. The lowest BCUT2D eigenvalue weighted by Crippen LogP contribution is -2.40. The molecular weight excluding hydrogens is 355 g/mol. The van der Waals surface area contributed by atoms with Gasteiger partial charge in [-0.05, 0) is 43.1 Å². The third-order valence-corrected chi connectivity index (χ3v) is 5.55. The molecule has 1 saturated heterocycles. The molecule has 0 spiro atoms. The number of nitrogens with one attached hydrogen (secondary N) is 1. The van der Waals surface area contributed by atoms with Gasteiger partial charge in [-0.1, -0.05) is 65.7 Å². The predicted octanol–water partition coefficient (Wildman–Crippen LogP) is 4.52. The van der Waals surface area contributed by atoms with Gasteiger partial charge < -0.3 is 5.32 Å². The Morgan fingerprint density at radius 1 is 1.04 bits per heavy atom. The van der Waals surface area contributed by atoms with Crippen LogP contribution >= 0.6 is 23.2 Å². The summed E-state index contributed by atoms with van der Waals surface area (Å²) in [7, 11) is 0. The highest BCUT2D eigenvalue weighted by molar-refractivity contribution is 6.42. The van der Waals surface area contributed by atoms with Gasteiger partial charge in [-0.15, -0.1) is 0 Å². The molecule has 5 heteroatoms. The van der Waals surface area contributed by atoms with Crippen LogP contribution in [-0.2, 0) is 17.9 Å². The van der Waals surface area contributed by atoms with E-state index in [1.54, 1.807) is 6.07 Å². The van der Waals surface area contributed by atoms with Gasteiger partial charge in [-0.2, -0.15) is 0 Å². The van der Waals surface area contributed by atoms with Crippen molar-refractivity contribution in [2.45, 2.75) is 25.9 Å². The van der Waals surface area contributed by atoms with Crippen molar-refractivity contribution < 1.29 is 4.79 Å². The van der Waals surface area contributed by atoms with E-state index in [2.05, 4.69) is 34.5 Å². The third-order valence-electron chi connectivity index (χ3n) is 4.69. The lowest BCUT2D eigenvalue weighted by Gasteiger charge is -2.31. The molecule has 0 radical (unpaired) electrons. The quantitative estimate of drug-likeness (QED) is 0.831. The normalized spacial score (nSPS) is 15.9. The minimum absolute atomic E-state index is 0.0741. The van der Waals surface area contributed by atoms with Crippen LogP contribution in [0.1, 0.15) is 24.0 Å². The zero-order chi connectivity index (χ0) is 17.6. The van der Waals surface area contributed by atoms with E-state index < -0.39 is 0 Å². The average Bonchev–Trinajstić information content (AvgIpc) is 2.64. The van der Waals surface area contributed by atoms with Crippen LogP contribution in [0.2, 0.25) is 10.0 Å². The van der Waals surface area contributed by atoms with Crippen LogP contribution in [-0.4, -0.2) is 23.9 Å². The summed E-state index contributed by atoms with van der Waals surface area (Å²) in [6, 6.07) is 15.9. The number of carbonyl (C=O) groups excluding carboxylic acids is 1. The van der Waals surface area contributed by atoms with Crippen LogP contribution in [0.5, 0.6) is 0 Å². The van der Waals surface area contributed by atoms with E-state index in [1.165, 1.54) is 5.56 Å². The first kappa shape index (κ1) is 18.2. The van der Waals surface area contributed by atoms with E-state index in [0.29, 0.717) is 16.6 Å². The standard InChI is InChI=1S/C20H22Cl2N2O/c21-18-8-4-7-17(19(18)22)13-23-20(25)16-9-11-24(12-10-16)14-15-5-2-1-3-6-15/h1-8,16H,9-14H2,(H,23,25). The second kappa shape index (κ2) is 8.70. The number of benzene rings is 2. The van der Waals surface area contributed by atoms with Crippen molar-refractivity contribution in [3.63, 3.8) is 0 Å². The van der Waals surface area contributed by atoms with Crippen LogP contribution in [0.4, 0.5) is 0 Å². The Kier molecular flexibility index (Phi) is 6.35. The highest BCUT2D eigenvalue weighted by atomic mass is 35.5. The van der Waals surface area contributed by atoms with Crippen LogP contribution in [0.3, 0.4) is 0 Å². The molecule has 1 aliphatic heterocycles. The Morgan fingerprint density at radius 2 is 1.76 bits per heavy atom. The summed E-state index contributed by atoms with van der Waals surface area (Å²) in [5.41, 5.74) is 2.17. The molecule has 1 amide bonds. The summed E-state index contributed by atoms with van der Waals surface area (Å²) in [6.45, 7) is 3.27. The van der Waals surface area contributed by atoms with Crippen molar-refractivity contribution in [3.8, 4) is 0 Å².